The zero-order valence-electron chi connectivity index (χ0n) is 18.1. The lowest BCUT2D eigenvalue weighted by Gasteiger charge is -2.58. The molecule has 2 saturated carbocycles. The van der Waals surface area contributed by atoms with E-state index in [0.29, 0.717) is 29.9 Å². The fourth-order valence-electron chi connectivity index (χ4n) is 7.53. The summed E-state index contributed by atoms with van der Waals surface area (Å²) in [4.78, 5) is 25.0. The van der Waals surface area contributed by atoms with Crippen molar-refractivity contribution < 1.29 is 14.3 Å². The van der Waals surface area contributed by atoms with Crippen LogP contribution in [0.5, 0.6) is 0 Å². The number of ketones is 2. The monoisotopic (exact) mass is 382 g/mol. The highest BCUT2D eigenvalue weighted by atomic mass is 16.5. The maximum atomic E-state index is 12.9. The first-order chi connectivity index (χ1) is 13.0. The summed E-state index contributed by atoms with van der Waals surface area (Å²) in [5.41, 5.74) is 1.70. The first-order valence-corrected chi connectivity index (χ1v) is 10.8. The fraction of sp³-hybridized carbons (Fsp3) is 0.680. The van der Waals surface area contributed by atoms with Gasteiger partial charge >= 0.3 is 0 Å². The molecular weight excluding hydrogens is 348 g/mol. The van der Waals surface area contributed by atoms with E-state index in [2.05, 4.69) is 33.4 Å². The van der Waals surface area contributed by atoms with E-state index in [9.17, 15) is 9.59 Å². The van der Waals surface area contributed by atoms with E-state index < -0.39 is 5.60 Å². The molecule has 0 spiro atoms. The molecule has 0 aromatic carbocycles. The number of hydrogen-bond donors (Lipinski definition) is 0. The van der Waals surface area contributed by atoms with Crippen molar-refractivity contribution in [2.75, 3.05) is 0 Å². The van der Waals surface area contributed by atoms with Gasteiger partial charge in [-0.15, -0.1) is 0 Å². The van der Waals surface area contributed by atoms with Crippen LogP contribution in [-0.4, -0.2) is 17.2 Å². The van der Waals surface area contributed by atoms with E-state index in [1.165, 1.54) is 11.1 Å². The maximum absolute atomic E-state index is 12.9. The topological polar surface area (TPSA) is 43.4 Å². The Hall–Kier alpha value is -1.64. The predicted octanol–water partition coefficient (Wildman–Crippen LogP) is 5.56. The second kappa shape index (κ2) is 6.18. The van der Waals surface area contributed by atoms with Gasteiger partial charge in [-0.05, 0) is 87.7 Å². The summed E-state index contributed by atoms with van der Waals surface area (Å²) in [6, 6.07) is 0. The number of hydrogen-bond acceptors (Lipinski definition) is 3. The highest BCUT2D eigenvalue weighted by molar-refractivity contribution is 5.92. The normalized spacial score (nSPS) is 44.6. The molecule has 0 aliphatic heterocycles. The zero-order valence-corrected chi connectivity index (χ0v) is 18.1. The lowest BCUT2D eigenvalue weighted by molar-refractivity contribution is -0.161. The van der Waals surface area contributed by atoms with Crippen molar-refractivity contribution in [3.63, 3.8) is 0 Å². The number of Topliss-reactive ketones (excluding diaryl/α,β-unsaturated/α-hetero) is 1. The summed E-state index contributed by atoms with van der Waals surface area (Å²) < 4.78 is 6.26. The van der Waals surface area contributed by atoms with Gasteiger partial charge in [-0.25, -0.2) is 0 Å². The van der Waals surface area contributed by atoms with Crippen LogP contribution in [0.1, 0.15) is 73.1 Å². The van der Waals surface area contributed by atoms with E-state index in [-0.39, 0.29) is 22.4 Å². The summed E-state index contributed by atoms with van der Waals surface area (Å²) in [7, 11) is 0. The van der Waals surface area contributed by atoms with Gasteiger partial charge in [-0.1, -0.05) is 32.1 Å². The van der Waals surface area contributed by atoms with Crippen LogP contribution >= 0.6 is 0 Å². The van der Waals surface area contributed by atoms with Crippen LogP contribution in [0, 0.1) is 28.6 Å². The Morgan fingerprint density at radius 3 is 2.46 bits per heavy atom. The summed E-state index contributed by atoms with van der Waals surface area (Å²) in [6.45, 7) is 14.3. The molecule has 0 bridgehead atoms. The standard InChI is InChI=1S/C25H34O3/c1-15(2)28-25(17(4)26)12-9-21-19-13-16(3)22-14-18(27)7-10-23(22,5)20(19)8-11-24(21,25)6/h13-14,19-21H,1,7-12H2,2-6H3/t19-,20+,21+,23-,24+,25+/m1/s1. The van der Waals surface area contributed by atoms with Crippen LogP contribution in [0.4, 0.5) is 0 Å². The molecule has 0 unspecified atom stereocenters. The van der Waals surface area contributed by atoms with Gasteiger partial charge in [-0.2, -0.15) is 0 Å². The highest BCUT2D eigenvalue weighted by Crippen LogP contribution is 2.68. The molecule has 0 amide bonds. The molecule has 0 heterocycles. The van der Waals surface area contributed by atoms with Crippen LogP contribution in [0.25, 0.3) is 0 Å². The number of rotatable bonds is 3. The average Bonchev–Trinajstić information content (AvgIpc) is 2.90. The molecule has 4 aliphatic rings. The summed E-state index contributed by atoms with van der Waals surface area (Å²) in [5, 5.41) is 0. The molecule has 0 N–H and O–H groups in total. The Balaban J connectivity index is 1.79. The van der Waals surface area contributed by atoms with Crippen molar-refractivity contribution in [1.29, 1.82) is 0 Å². The SMILES string of the molecule is C=C(C)O[C@]1(C(C)=O)CC[C@H]2[C@@H]3C=C(C)C4=CC(=O)CC[C@]4(C)[C@H]3CC[C@@]21C. The first kappa shape index (κ1) is 19.7. The van der Waals surface area contributed by atoms with Crippen molar-refractivity contribution in [3.8, 4) is 0 Å². The van der Waals surface area contributed by atoms with Gasteiger partial charge in [0.25, 0.3) is 0 Å². The van der Waals surface area contributed by atoms with Gasteiger partial charge in [0.1, 0.15) is 0 Å². The van der Waals surface area contributed by atoms with Crippen molar-refractivity contribution in [3.05, 3.63) is 35.6 Å². The first-order valence-electron chi connectivity index (χ1n) is 10.8. The van der Waals surface area contributed by atoms with Gasteiger partial charge in [0.05, 0.1) is 5.76 Å². The van der Waals surface area contributed by atoms with Crippen LogP contribution in [0.2, 0.25) is 0 Å². The molecule has 0 aromatic rings. The Morgan fingerprint density at radius 2 is 1.82 bits per heavy atom. The molecule has 0 radical (unpaired) electrons. The molecular formula is C25H34O3. The van der Waals surface area contributed by atoms with E-state index in [0.717, 1.165) is 32.1 Å². The van der Waals surface area contributed by atoms with Crippen LogP contribution in [-0.2, 0) is 14.3 Å². The number of fused-ring (bicyclic) bond motifs is 5. The molecule has 0 saturated heterocycles. The molecule has 3 nitrogen and oxygen atoms in total. The second-order valence-corrected chi connectivity index (χ2v) is 10.3. The third-order valence-corrected chi connectivity index (χ3v) is 8.87. The zero-order chi connectivity index (χ0) is 20.5. The Kier molecular flexibility index (Phi) is 4.34. The van der Waals surface area contributed by atoms with Crippen molar-refractivity contribution in [1.82, 2.24) is 0 Å². The predicted molar refractivity (Wildman–Crippen MR) is 111 cm³/mol. The summed E-state index contributed by atoms with van der Waals surface area (Å²) >= 11 is 0. The Morgan fingerprint density at radius 1 is 1.14 bits per heavy atom. The quantitative estimate of drug-likeness (QED) is 0.600. The molecule has 4 aliphatic carbocycles. The molecule has 6 atom stereocenters. The van der Waals surface area contributed by atoms with E-state index in [1.807, 2.05) is 13.0 Å². The van der Waals surface area contributed by atoms with Crippen LogP contribution in [0.15, 0.2) is 35.6 Å². The Bertz CT molecular complexity index is 818. The third kappa shape index (κ3) is 2.40. The number of carbonyl (C=O) groups is 2. The third-order valence-electron chi connectivity index (χ3n) is 8.87. The van der Waals surface area contributed by atoms with Gasteiger partial charge in [0.15, 0.2) is 17.2 Å². The van der Waals surface area contributed by atoms with Gasteiger partial charge < -0.3 is 4.74 Å². The second-order valence-electron chi connectivity index (χ2n) is 10.3. The smallest absolute Gasteiger partial charge is 0.173 e. The summed E-state index contributed by atoms with van der Waals surface area (Å²) in [6.07, 6.45) is 9.83. The lowest BCUT2D eigenvalue weighted by atomic mass is 9.47. The fourth-order valence-corrected chi connectivity index (χ4v) is 7.53. The summed E-state index contributed by atoms with van der Waals surface area (Å²) in [5.74, 6) is 2.47. The molecule has 4 rings (SSSR count). The average molecular weight is 383 g/mol. The molecule has 0 aromatic heterocycles. The van der Waals surface area contributed by atoms with Crippen molar-refractivity contribution in [2.45, 2.75) is 78.7 Å². The van der Waals surface area contributed by atoms with Crippen LogP contribution < -0.4 is 0 Å². The molecule has 152 valence electrons. The van der Waals surface area contributed by atoms with E-state index in [1.54, 1.807) is 6.92 Å². The van der Waals surface area contributed by atoms with Crippen molar-refractivity contribution >= 4 is 11.6 Å². The van der Waals surface area contributed by atoms with Gasteiger partial charge in [0.2, 0.25) is 0 Å². The molecule has 2 fully saturated rings. The highest BCUT2D eigenvalue weighted by Gasteiger charge is 2.67. The van der Waals surface area contributed by atoms with E-state index >= 15 is 0 Å². The minimum Gasteiger partial charge on any atom is -0.484 e. The van der Waals surface area contributed by atoms with Crippen LogP contribution in [0.3, 0.4) is 0 Å². The van der Waals surface area contributed by atoms with Gasteiger partial charge in [-0.3, -0.25) is 9.59 Å². The maximum Gasteiger partial charge on any atom is 0.173 e. The van der Waals surface area contributed by atoms with E-state index in [4.69, 9.17) is 4.74 Å². The number of carbonyl (C=O) groups excluding carboxylic acids is 2. The van der Waals surface area contributed by atoms with Gasteiger partial charge in [0, 0.05) is 11.8 Å². The van der Waals surface area contributed by atoms with Crippen molar-refractivity contribution in [2.24, 2.45) is 28.6 Å². The Labute approximate surface area is 169 Å². The lowest BCUT2D eigenvalue weighted by Crippen LogP contribution is -2.57. The largest absolute Gasteiger partial charge is 0.484 e. The molecule has 28 heavy (non-hydrogen) atoms. The minimum absolute atomic E-state index is 0.0788. The number of ether oxygens (including phenoxy) is 1. The number of allylic oxidation sites excluding steroid dienone is 5. The molecule has 3 heteroatoms. The minimum atomic E-state index is -0.740.